The molecule has 0 aliphatic rings. The summed E-state index contributed by atoms with van der Waals surface area (Å²) in [6.45, 7) is 2.65. The monoisotopic (exact) mass is 460 g/mol. The largest absolute Gasteiger partial charge is 0.435 e. The van der Waals surface area contributed by atoms with Crippen molar-refractivity contribution in [1.82, 2.24) is 19.9 Å². The maximum atomic E-state index is 12.8. The number of rotatable bonds is 8. The molecule has 3 heterocycles. The highest BCUT2D eigenvalue weighted by molar-refractivity contribution is 7.99. The number of ketones is 1. The van der Waals surface area contributed by atoms with E-state index in [0.29, 0.717) is 22.7 Å². The van der Waals surface area contributed by atoms with Gasteiger partial charge in [-0.3, -0.25) is 9.36 Å². The van der Waals surface area contributed by atoms with Crippen LogP contribution in [0.25, 0.3) is 17.3 Å². The van der Waals surface area contributed by atoms with Gasteiger partial charge in [0.2, 0.25) is 5.89 Å². The predicted molar refractivity (Wildman–Crippen MR) is 111 cm³/mol. The number of aromatic nitrogens is 4. The zero-order valence-electron chi connectivity index (χ0n) is 17.3. The molecule has 1 aromatic carbocycles. The lowest BCUT2D eigenvalue weighted by atomic mass is 10.2. The Hall–Kier alpha value is -3.47. The van der Waals surface area contributed by atoms with Crippen molar-refractivity contribution in [3.8, 4) is 23.0 Å². The summed E-state index contributed by atoms with van der Waals surface area (Å²) in [7, 11) is 0. The van der Waals surface area contributed by atoms with E-state index in [9.17, 15) is 13.6 Å². The van der Waals surface area contributed by atoms with Crippen molar-refractivity contribution in [3.63, 3.8) is 0 Å². The summed E-state index contributed by atoms with van der Waals surface area (Å²) in [5, 5.41) is 12.1. The van der Waals surface area contributed by atoms with E-state index < -0.39 is 6.61 Å². The number of alkyl halides is 2. The summed E-state index contributed by atoms with van der Waals surface area (Å²) in [5.41, 5.74) is 2.75. The molecule has 0 fully saturated rings. The van der Waals surface area contributed by atoms with Crippen molar-refractivity contribution in [2.45, 2.75) is 32.6 Å². The number of thioether (sulfide) groups is 1. The summed E-state index contributed by atoms with van der Waals surface area (Å²) >= 11 is 1.12. The van der Waals surface area contributed by atoms with Crippen molar-refractivity contribution in [2.24, 2.45) is 0 Å². The van der Waals surface area contributed by atoms with E-state index in [4.69, 9.17) is 8.94 Å². The van der Waals surface area contributed by atoms with Gasteiger partial charge in [0.05, 0.1) is 5.75 Å². The van der Waals surface area contributed by atoms with Gasteiger partial charge in [-0.25, -0.2) is 0 Å². The van der Waals surface area contributed by atoms with Crippen LogP contribution in [0, 0.1) is 20.8 Å². The van der Waals surface area contributed by atoms with E-state index in [1.165, 1.54) is 24.3 Å². The number of halogens is 2. The second kappa shape index (κ2) is 8.95. The molecule has 0 bridgehead atoms. The molecule has 0 radical (unpaired) electrons. The molecule has 0 N–H and O–H groups in total. The molecular formula is C21H18F2N4O4S. The highest BCUT2D eigenvalue weighted by atomic mass is 32.2. The fraction of sp³-hybridized carbons (Fsp3) is 0.238. The third-order valence-electron chi connectivity index (χ3n) is 4.64. The van der Waals surface area contributed by atoms with Gasteiger partial charge >= 0.3 is 6.61 Å². The average Bonchev–Trinajstić information content (AvgIpc) is 3.46. The Kier molecular flexibility index (Phi) is 6.08. The molecule has 3 aromatic heterocycles. The Morgan fingerprint density at radius 1 is 1.16 bits per heavy atom. The van der Waals surface area contributed by atoms with Crippen LogP contribution in [0.5, 0.6) is 5.75 Å². The van der Waals surface area contributed by atoms with E-state index in [2.05, 4.69) is 20.1 Å². The van der Waals surface area contributed by atoms with Crippen molar-refractivity contribution in [3.05, 3.63) is 59.1 Å². The SMILES string of the molecule is Cc1cc(-n2c(C)cc(C(=O)CSc3nnc(-c4ccc(OC(F)F)cc4)o3)c2C)no1. The van der Waals surface area contributed by atoms with Crippen LogP contribution in [-0.2, 0) is 0 Å². The van der Waals surface area contributed by atoms with Crippen molar-refractivity contribution < 1.29 is 27.3 Å². The first kappa shape index (κ1) is 21.8. The van der Waals surface area contributed by atoms with Crippen molar-refractivity contribution in [1.29, 1.82) is 0 Å². The van der Waals surface area contributed by atoms with Gasteiger partial charge < -0.3 is 13.7 Å². The first-order chi connectivity index (χ1) is 15.3. The molecule has 8 nitrogen and oxygen atoms in total. The minimum atomic E-state index is -2.89. The molecule has 4 rings (SSSR count). The molecule has 4 aromatic rings. The number of carbonyl (C=O) groups excluding carboxylic acids is 1. The lowest BCUT2D eigenvalue weighted by Gasteiger charge is -2.04. The highest BCUT2D eigenvalue weighted by Crippen LogP contribution is 2.27. The molecule has 0 unspecified atom stereocenters. The molecule has 0 amide bonds. The van der Waals surface area contributed by atoms with Gasteiger partial charge in [0.15, 0.2) is 11.6 Å². The summed E-state index contributed by atoms with van der Waals surface area (Å²) in [5.74, 6) is 1.55. The molecule has 32 heavy (non-hydrogen) atoms. The number of benzene rings is 1. The van der Waals surface area contributed by atoms with Gasteiger partial charge in [-0.1, -0.05) is 16.9 Å². The van der Waals surface area contributed by atoms with Crippen LogP contribution in [0.3, 0.4) is 0 Å². The van der Waals surface area contributed by atoms with Gasteiger partial charge in [0.25, 0.3) is 5.22 Å². The number of nitrogens with zero attached hydrogens (tertiary/aromatic N) is 4. The van der Waals surface area contributed by atoms with Crippen LogP contribution in [0.15, 0.2) is 50.6 Å². The smallest absolute Gasteiger partial charge is 0.387 e. The summed E-state index contributed by atoms with van der Waals surface area (Å²) in [4.78, 5) is 12.8. The van der Waals surface area contributed by atoms with E-state index >= 15 is 0 Å². The first-order valence-corrected chi connectivity index (χ1v) is 10.5. The fourth-order valence-corrected chi connectivity index (χ4v) is 3.87. The van der Waals surface area contributed by atoms with E-state index in [-0.39, 0.29) is 28.4 Å². The van der Waals surface area contributed by atoms with E-state index in [0.717, 1.165) is 23.1 Å². The highest BCUT2D eigenvalue weighted by Gasteiger charge is 2.20. The van der Waals surface area contributed by atoms with Crippen LogP contribution in [-0.4, -0.2) is 38.1 Å². The average molecular weight is 460 g/mol. The lowest BCUT2D eigenvalue weighted by Crippen LogP contribution is -2.05. The fourth-order valence-electron chi connectivity index (χ4n) is 3.23. The molecule has 166 valence electrons. The van der Waals surface area contributed by atoms with Crippen LogP contribution in [0.1, 0.15) is 27.5 Å². The quantitative estimate of drug-likeness (QED) is 0.267. The Balaban J connectivity index is 1.43. The van der Waals surface area contributed by atoms with E-state index in [1.807, 2.05) is 24.5 Å². The number of hydrogen-bond acceptors (Lipinski definition) is 8. The molecular weight excluding hydrogens is 442 g/mol. The van der Waals surface area contributed by atoms with Gasteiger partial charge in [-0.05, 0) is 51.1 Å². The molecule has 0 aliphatic heterocycles. The second-order valence-corrected chi connectivity index (χ2v) is 7.83. The zero-order chi connectivity index (χ0) is 22.8. The molecule has 0 atom stereocenters. The van der Waals surface area contributed by atoms with Crippen LogP contribution < -0.4 is 4.74 Å². The Morgan fingerprint density at radius 2 is 1.91 bits per heavy atom. The second-order valence-electron chi connectivity index (χ2n) is 6.90. The standard InChI is InChI=1S/C21H18F2N4O4S/c1-11-8-16(13(3)27(11)18-9-12(2)31-26-18)17(28)10-32-21-25-24-19(30-21)14-4-6-15(7-5-14)29-20(22)23/h4-9,20H,10H2,1-3H3. The Labute approximate surface area is 185 Å². The van der Waals surface area contributed by atoms with Gasteiger partial charge in [0.1, 0.15) is 11.5 Å². The number of hydrogen-bond donors (Lipinski definition) is 0. The van der Waals surface area contributed by atoms with Gasteiger partial charge in [-0.2, -0.15) is 8.78 Å². The molecule has 0 saturated heterocycles. The maximum absolute atomic E-state index is 12.8. The summed E-state index contributed by atoms with van der Waals surface area (Å²) in [6.07, 6.45) is 0. The lowest BCUT2D eigenvalue weighted by molar-refractivity contribution is -0.0498. The maximum Gasteiger partial charge on any atom is 0.387 e. The van der Waals surface area contributed by atoms with Gasteiger partial charge in [0, 0.05) is 28.6 Å². The van der Waals surface area contributed by atoms with Gasteiger partial charge in [-0.15, -0.1) is 10.2 Å². The van der Waals surface area contributed by atoms with Crippen LogP contribution in [0.2, 0.25) is 0 Å². The summed E-state index contributed by atoms with van der Waals surface area (Å²) in [6, 6.07) is 9.44. The molecule has 0 saturated carbocycles. The minimum Gasteiger partial charge on any atom is -0.435 e. The minimum absolute atomic E-state index is 0.0295. The third-order valence-corrected chi connectivity index (χ3v) is 5.45. The number of ether oxygens (including phenoxy) is 1. The predicted octanol–water partition coefficient (Wildman–Crippen LogP) is 5.02. The third kappa shape index (κ3) is 4.57. The van der Waals surface area contributed by atoms with Crippen LogP contribution in [0.4, 0.5) is 8.78 Å². The van der Waals surface area contributed by atoms with E-state index in [1.54, 1.807) is 13.0 Å². The summed E-state index contributed by atoms with van der Waals surface area (Å²) < 4.78 is 41.4. The van der Waals surface area contributed by atoms with Crippen molar-refractivity contribution in [2.75, 3.05) is 5.75 Å². The molecule has 0 aliphatic carbocycles. The normalized spacial score (nSPS) is 11.3. The molecule has 0 spiro atoms. The first-order valence-electron chi connectivity index (χ1n) is 9.49. The molecule has 11 heteroatoms. The Morgan fingerprint density at radius 3 is 2.56 bits per heavy atom. The van der Waals surface area contributed by atoms with Crippen molar-refractivity contribution >= 4 is 17.5 Å². The number of Topliss-reactive ketones (excluding diaryl/α,β-unsaturated/α-hetero) is 1. The topological polar surface area (TPSA) is 96.2 Å². The number of carbonyl (C=O) groups is 1. The number of aryl methyl sites for hydroxylation is 2. The Bertz CT molecular complexity index is 1250. The van der Waals surface area contributed by atoms with Crippen LogP contribution >= 0.6 is 11.8 Å². The zero-order valence-corrected chi connectivity index (χ0v) is 18.2.